The number of hydrogen-bond acceptors (Lipinski definition) is 4. The lowest BCUT2D eigenvalue weighted by Crippen LogP contribution is -2.56. The molecular formula is C9H19N3S. The van der Waals surface area contributed by atoms with Gasteiger partial charge in [-0.25, -0.2) is 0 Å². The smallest absolute Gasteiger partial charge is 0.0691 e. The Morgan fingerprint density at radius 2 is 2.00 bits per heavy atom. The molecule has 2 heterocycles. The number of nitrogens with one attached hydrogen (secondary N) is 1. The molecule has 2 fully saturated rings. The van der Waals surface area contributed by atoms with Gasteiger partial charge in [0.25, 0.3) is 0 Å². The van der Waals surface area contributed by atoms with Gasteiger partial charge >= 0.3 is 0 Å². The van der Waals surface area contributed by atoms with E-state index in [0.29, 0.717) is 6.17 Å². The van der Waals surface area contributed by atoms with E-state index in [1.54, 1.807) is 0 Å². The third kappa shape index (κ3) is 2.59. The summed E-state index contributed by atoms with van der Waals surface area (Å²) >= 11 is 2.08. The van der Waals surface area contributed by atoms with E-state index >= 15 is 0 Å². The normalized spacial score (nSPS) is 33.5. The highest BCUT2D eigenvalue weighted by Crippen LogP contribution is 2.12. The van der Waals surface area contributed by atoms with Crippen LogP contribution in [0.15, 0.2) is 0 Å². The molecule has 0 aromatic rings. The highest BCUT2D eigenvalue weighted by atomic mass is 32.2. The van der Waals surface area contributed by atoms with Gasteiger partial charge in [-0.15, -0.1) is 0 Å². The number of thioether (sulfide) groups is 1. The summed E-state index contributed by atoms with van der Waals surface area (Å²) in [5.74, 6) is 2.55. The second-order valence-electron chi connectivity index (χ2n) is 3.88. The highest BCUT2D eigenvalue weighted by molar-refractivity contribution is 7.99. The third-order valence-electron chi connectivity index (χ3n) is 2.88. The summed E-state index contributed by atoms with van der Waals surface area (Å²) in [5.41, 5.74) is 0. The average Bonchev–Trinajstić information content (AvgIpc) is 2.20. The maximum Gasteiger partial charge on any atom is 0.0691 e. The Kier molecular flexibility index (Phi) is 3.49. The largest absolute Gasteiger partial charge is 0.304 e. The van der Waals surface area contributed by atoms with E-state index in [4.69, 9.17) is 0 Å². The lowest BCUT2D eigenvalue weighted by Gasteiger charge is -2.39. The van der Waals surface area contributed by atoms with Crippen LogP contribution in [0.5, 0.6) is 0 Å². The fraction of sp³-hybridized carbons (Fsp3) is 1.00. The first kappa shape index (κ1) is 9.77. The SMILES string of the molecule is CN1CCN(C2CSCCN2)CC1. The molecule has 0 aliphatic carbocycles. The van der Waals surface area contributed by atoms with E-state index in [2.05, 4.69) is 33.9 Å². The Bertz CT molecular complexity index is 151. The minimum absolute atomic E-state index is 0.646. The predicted molar refractivity (Wildman–Crippen MR) is 58.2 cm³/mol. The molecule has 0 aromatic carbocycles. The summed E-state index contributed by atoms with van der Waals surface area (Å²) in [4.78, 5) is 5.00. The second kappa shape index (κ2) is 4.64. The number of rotatable bonds is 1. The first-order valence-electron chi connectivity index (χ1n) is 5.10. The molecule has 2 rings (SSSR count). The molecule has 0 bridgehead atoms. The standard InChI is InChI=1S/C9H19N3S/c1-11-3-5-12(6-4-11)9-8-13-7-2-10-9/h9-10H,2-8H2,1H3. The molecule has 2 aliphatic rings. The maximum atomic E-state index is 3.59. The first-order chi connectivity index (χ1) is 6.36. The van der Waals surface area contributed by atoms with Crippen LogP contribution >= 0.6 is 11.8 Å². The van der Waals surface area contributed by atoms with Crippen LogP contribution in [-0.2, 0) is 0 Å². The molecule has 76 valence electrons. The predicted octanol–water partition coefficient (Wildman–Crippen LogP) is -0.104. The van der Waals surface area contributed by atoms with Crippen molar-refractivity contribution in [3.05, 3.63) is 0 Å². The third-order valence-corrected chi connectivity index (χ3v) is 3.92. The molecule has 2 saturated heterocycles. The van der Waals surface area contributed by atoms with Crippen LogP contribution in [0.25, 0.3) is 0 Å². The highest BCUT2D eigenvalue weighted by Gasteiger charge is 2.23. The van der Waals surface area contributed by atoms with Crippen molar-refractivity contribution in [1.29, 1.82) is 0 Å². The van der Waals surface area contributed by atoms with Gasteiger partial charge in [-0.3, -0.25) is 4.90 Å². The number of piperazine rings is 1. The Labute approximate surface area is 84.8 Å². The minimum atomic E-state index is 0.646. The van der Waals surface area contributed by atoms with Gasteiger partial charge in [0.1, 0.15) is 0 Å². The maximum absolute atomic E-state index is 3.59. The van der Waals surface area contributed by atoms with Gasteiger partial charge in [0.15, 0.2) is 0 Å². The van der Waals surface area contributed by atoms with Crippen molar-refractivity contribution in [2.24, 2.45) is 0 Å². The van der Waals surface area contributed by atoms with E-state index < -0.39 is 0 Å². The Morgan fingerprint density at radius 3 is 2.62 bits per heavy atom. The van der Waals surface area contributed by atoms with Gasteiger partial charge in [0.05, 0.1) is 6.17 Å². The summed E-state index contributed by atoms with van der Waals surface area (Å²) in [7, 11) is 2.21. The topological polar surface area (TPSA) is 18.5 Å². The van der Waals surface area contributed by atoms with Crippen molar-refractivity contribution < 1.29 is 0 Å². The lowest BCUT2D eigenvalue weighted by atomic mass is 10.3. The summed E-state index contributed by atoms with van der Waals surface area (Å²) in [6.07, 6.45) is 0.646. The number of nitrogens with zero attached hydrogens (tertiary/aromatic N) is 2. The minimum Gasteiger partial charge on any atom is -0.304 e. The van der Waals surface area contributed by atoms with Gasteiger partial charge in [-0.2, -0.15) is 11.8 Å². The molecule has 0 radical (unpaired) electrons. The number of likely N-dealkylation sites (N-methyl/N-ethyl adjacent to an activating group) is 1. The van der Waals surface area contributed by atoms with E-state index in [0.717, 1.165) is 0 Å². The quantitative estimate of drug-likeness (QED) is 0.638. The van der Waals surface area contributed by atoms with Gasteiger partial charge < -0.3 is 10.2 Å². The molecule has 0 amide bonds. The van der Waals surface area contributed by atoms with Crippen molar-refractivity contribution in [2.45, 2.75) is 6.17 Å². The van der Waals surface area contributed by atoms with E-state index in [9.17, 15) is 0 Å². The summed E-state index contributed by atoms with van der Waals surface area (Å²) in [6, 6.07) is 0. The first-order valence-corrected chi connectivity index (χ1v) is 6.25. The van der Waals surface area contributed by atoms with E-state index in [1.165, 1.54) is 44.2 Å². The zero-order chi connectivity index (χ0) is 9.10. The summed E-state index contributed by atoms with van der Waals surface area (Å²) in [6.45, 7) is 6.09. The molecule has 2 aliphatic heterocycles. The molecule has 3 nitrogen and oxygen atoms in total. The van der Waals surface area contributed by atoms with Gasteiger partial charge in [0, 0.05) is 44.2 Å². The van der Waals surface area contributed by atoms with E-state index in [-0.39, 0.29) is 0 Å². The second-order valence-corrected chi connectivity index (χ2v) is 5.03. The Morgan fingerprint density at radius 1 is 1.23 bits per heavy atom. The monoisotopic (exact) mass is 201 g/mol. The van der Waals surface area contributed by atoms with Crippen LogP contribution in [0.2, 0.25) is 0 Å². The van der Waals surface area contributed by atoms with Crippen LogP contribution in [0.4, 0.5) is 0 Å². The zero-order valence-electron chi connectivity index (χ0n) is 8.33. The Hall–Kier alpha value is 0.230. The van der Waals surface area contributed by atoms with Crippen molar-refractivity contribution in [1.82, 2.24) is 15.1 Å². The lowest BCUT2D eigenvalue weighted by molar-refractivity contribution is 0.105. The van der Waals surface area contributed by atoms with Crippen molar-refractivity contribution in [3.8, 4) is 0 Å². The fourth-order valence-corrected chi connectivity index (χ4v) is 2.90. The van der Waals surface area contributed by atoms with Crippen molar-refractivity contribution in [3.63, 3.8) is 0 Å². The van der Waals surface area contributed by atoms with Gasteiger partial charge in [0.2, 0.25) is 0 Å². The van der Waals surface area contributed by atoms with Crippen molar-refractivity contribution >= 4 is 11.8 Å². The van der Waals surface area contributed by atoms with Crippen LogP contribution in [0, 0.1) is 0 Å². The molecule has 0 spiro atoms. The fourth-order valence-electron chi connectivity index (χ4n) is 1.92. The van der Waals surface area contributed by atoms with E-state index in [1.807, 2.05) is 0 Å². The van der Waals surface area contributed by atoms with Crippen LogP contribution in [-0.4, -0.2) is 67.2 Å². The average molecular weight is 201 g/mol. The van der Waals surface area contributed by atoms with Gasteiger partial charge in [-0.1, -0.05) is 0 Å². The zero-order valence-corrected chi connectivity index (χ0v) is 9.15. The summed E-state index contributed by atoms with van der Waals surface area (Å²) < 4.78 is 0. The molecule has 1 unspecified atom stereocenters. The molecular weight excluding hydrogens is 182 g/mol. The molecule has 0 aromatic heterocycles. The molecule has 0 saturated carbocycles. The van der Waals surface area contributed by atoms with Gasteiger partial charge in [-0.05, 0) is 7.05 Å². The molecule has 13 heavy (non-hydrogen) atoms. The number of hydrogen-bond donors (Lipinski definition) is 1. The van der Waals surface area contributed by atoms with Crippen LogP contribution in [0.3, 0.4) is 0 Å². The molecule has 1 N–H and O–H groups in total. The molecule has 1 atom stereocenters. The van der Waals surface area contributed by atoms with Crippen molar-refractivity contribution in [2.75, 3.05) is 51.3 Å². The van der Waals surface area contributed by atoms with Crippen LogP contribution < -0.4 is 5.32 Å². The Balaban J connectivity index is 1.79. The molecule has 4 heteroatoms. The summed E-state index contributed by atoms with van der Waals surface area (Å²) in [5, 5.41) is 3.59. The van der Waals surface area contributed by atoms with Crippen LogP contribution in [0.1, 0.15) is 0 Å².